The Bertz CT molecular complexity index is 1540. The molecule has 2 aliphatic rings. The molecule has 2 N–H and O–H groups in total. The Morgan fingerprint density at radius 1 is 0.977 bits per heavy atom. The van der Waals surface area contributed by atoms with Crippen LogP contribution >= 0.6 is 11.3 Å². The van der Waals surface area contributed by atoms with Gasteiger partial charge in [-0.15, -0.1) is 11.3 Å². The fourth-order valence-corrected chi connectivity index (χ4v) is 6.10. The van der Waals surface area contributed by atoms with E-state index in [0.717, 1.165) is 30.5 Å². The molecule has 1 aromatic heterocycles. The molecule has 0 atom stereocenters. The predicted octanol–water partition coefficient (Wildman–Crippen LogP) is 4.88. The van der Waals surface area contributed by atoms with Crippen molar-refractivity contribution in [2.75, 3.05) is 60.9 Å². The molecule has 3 aromatic rings. The molecule has 0 saturated carbocycles. The first-order valence-corrected chi connectivity index (χ1v) is 14.8. The normalized spacial score (nSPS) is 16.1. The number of nitrogens with zero attached hydrogens (tertiary/aromatic N) is 4. The number of fused-ring (bicyclic) bond motifs is 1. The van der Waals surface area contributed by atoms with Crippen LogP contribution in [0.3, 0.4) is 0 Å². The Morgan fingerprint density at radius 3 is 2.21 bits per heavy atom. The molecule has 0 unspecified atom stereocenters. The van der Waals surface area contributed by atoms with Gasteiger partial charge in [-0.05, 0) is 37.4 Å². The van der Waals surface area contributed by atoms with E-state index in [4.69, 9.17) is 14.6 Å². The maximum Gasteiger partial charge on any atom is 0.490 e. The van der Waals surface area contributed by atoms with E-state index in [1.165, 1.54) is 30.5 Å². The third kappa shape index (κ3) is 7.80. The zero-order valence-corrected chi connectivity index (χ0v) is 23.9. The van der Waals surface area contributed by atoms with Gasteiger partial charge in [0.15, 0.2) is 5.13 Å². The van der Waals surface area contributed by atoms with Crippen LogP contribution in [0.1, 0.15) is 5.56 Å². The number of sulfonamides is 1. The Morgan fingerprint density at radius 2 is 1.63 bits per heavy atom. The highest BCUT2D eigenvalue weighted by Gasteiger charge is 2.38. The summed E-state index contributed by atoms with van der Waals surface area (Å²) < 4.78 is 106. The number of halogens is 6. The molecule has 2 aliphatic heterocycles. The van der Waals surface area contributed by atoms with Crippen molar-refractivity contribution in [3.8, 4) is 5.75 Å². The zero-order valence-electron chi connectivity index (χ0n) is 22.3. The summed E-state index contributed by atoms with van der Waals surface area (Å²) in [6, 6.07) is 8.27. The van der Waals surface area contributed by atoms with Gasteiger partial charge in [0, 0.05) is 43.8 Å². The number of ether oxygens (including phenoxy) is 1. The van der Waals surface area contributed by atoms with Crippen molar-refractivity contribution < 1.29 is 49.4 Å². The fraction of sp³-hybridized carbons (Fsp3) is 0.360. The van der Waals surface area contributed by atoms with Crippen LogP contribution in [0.25, 0.3) is 0 Å². The summed E-state index contributed by atoms with van der Waals surface area (Å²) in [5, 5.41) is 9.03. The van der Waals surface area contributed by atoms with E-state index in [1.54, 1.807) is 11.4 Å². The standard InChI is InChI=1S/C23H24F3N5O3S2.C2HF3O2/c1-29-7-9-30(10-8-29)20-14-16(23(24,25)26)2-4-18(20)31-11-12-34-21-15-17(3-5-19(21)31)36(32,33)28-22-27-6-13-35-22;3-2(4,5)1(6)7/h2-6,13-15H,7-12H2,1H3,(H,27,28);(H,6,7). The lowest BCUT2D eigenvalue weighted by Crippen LogP contribution is -2.45. The lowest BCUT2D eigenvalue weighted by Gasteiger charge is -2.39. The Hall–Kier alpha value is -3.77. The van der Waals surface area contributed by atoms with Gasteiger partial charge >= 0.3 is 18.3 Å². The second-order valence-corrected chi connectivity index (χ2v) is 11.9. The highest BCUT2D eigenvalue weighted by atomic mass is 32.2. The van der Waals surface area contributed by atoms with Crippen LogP contribution in [-0.2, 0) is 21.0 Å². The number of nitrogens with one attached hydrogen (secondary N) is 1. The summed E-state index contributed by atoms with van der Waals surface area (Å²) in [7, 11) is -1.91. The second kappa shape index (κ2) is 12.5. The summed E-state index contributed by atoms with van der Waals surface area (Å²) in [6.45, 7) is 3.33. The van der Waals surface area contributed by atoms with Gasteiger partial charge in [0.05, 0.1) is 34.1 Å². The molecule has 1 saturated heterocycles. The van der Waals surface area contributed by atoms with Crippen LogP contribution in [0.2, 0.25) is 0 Å². The van der Waals surface area contributed by atoms with E-state index in [2.05, 4.69) is 14.6 Å². The molecule has 18 heteroatoms. The average molecular weight is 654 g/mol. The molecule has 0 aliphatic carbocycles. The number of carboxylic acid groups (broad SMARTS) is 1. The van der Waals surface area contributed by atoms with Crippen molar-refractivity contribution in [3.05, 3.63) is 53.5 Å². The van der Waals surface area contributed by atoms with E-state index in [-0.39, 0.29) is 16.6 Å². The van der Waals surface area contributed by atoms with Crippen LogP contribution in [0.4, 0.5) is 48.5 Å². The van der Waals surface area contributed by atoms with Gasteiger partial charge in [-0.2, -0.15) is 26.3 Å². The lowest BCUT2D eigenvalue weighted by atomic mass is 10.1. The first-order chi connectivity index (χ1) is 20.1. The number of hydrogen-bond donors (Lipinski definition) is 2. The molecular formula is C25H25F6N5O5S2. The number of benzene rings is 2. The Balaban J connectivity index is 0.000000541. The van der Waals surface area contributed by atoms with E-state index < -0.39 is 33.9 Å². The maximum atomic E-state index is 13.6. The van der Waals surface area contributed by atoms with Gasteiger partial charge in [-0.1, -0.05) is 0 Å². The van der Waals surface area contributed by atoms with Gasteiger partial charge in [-0.25, -0.2) is 18.2 Å². The van der Waals surface area contributed by atoms with Crippen molar-refractivity contribution in [2.24, 2.45) is 0 Å². The minimum absolute atomic E-state index is 0.00464. The SMILES string of the molecule is CN1CCN(c2cc(C(F)(F)F)ccc2N2CCOc3cc(S(=O)(=O)Nc4nccs4)ccc32)CC1.O=C(O)C(F)(F)F. The largest absolute Gasteiger partial charge is 0.490 e. The minimum atomic E-state index is -5.08. The molecule has 0 amide bonds. The number of carboxylic acids is 1. The third-order valence-electron chi connectivity index (χ3n) is 6.44. The number of thiazole rings is 1. The molecule has 234 valence electrons. The molecular weight excluding hydrogens is 628 g/mol. The van der Waals surface area contributed by atoms with Crippen LogP contribution in [0, 0.1) is 0 Å². The van der Waals surface area contributed by atoms with Gasteiger partial charge in [0.25, 0.3) is 10.0 Å². The molecule has 0 radical (unpaired) electrons. The van der Waals surface area contributed by atoms with Crippen LogP contribution in [0.15, 0.2) is 52.9 Å². The molecule has 10 nitrogen and oxygen atoms in total. The number of aromatic nitrogens is 1. The van der Waals surface area contributed by atoms with Crippen molar-refractivity contribution in [1.82, 2.24) is 9.88 Å². The topological polar surface area (TPSA) is 115 Å². The molecule has 43 heavy (non-hydrogen) atoms. The number of piperazine rings is 1. The first kappa shape index (κ1) is 32.2. The summed E-state index contributed by atoms with van der Waals surface area (Å²) in [5.41, 5.74) is 0.995. The summed E-state index contributed by atoms with van der Waals surface area (Å²) in [6.07, 6.45) is -8.05. The number of rotatable bonds is 5. The predicted molar refractivity (Wildman–Crippen MR) is 147 cm³/mol. The van der Waals surface area contributed by atoms with E-state index >= 15 is 0 Å². The number of aliphatic carboxylic acids is 1. The Labute approximate surface area is 246 Å². The number of alkyl halides is 6. The minimum Gasteiger partial charge on any atom is -0.489 e. The lowest BCUT2D eigenvalue weighted by molar-refractivity contribution is -0.192. The smallest absolute Gasteiger partial charge is 0.489 e. The molecule has 0 bridgehead atoms. The molecule has 5 rings (SSSR count). The third-order valence-corrected chi connectivity index (χ3v) is 8.59. The number of carbonyl (C=O) groups is 1. The Kier molecular flexibility index (Phi) is 9.31. The number of anilines is 4. The van der Waals surface area contributed by atoms with Crippen molar-refractivity contribution in [3.63, 3.8) is 0 Å². The summed E-state index contributed by atoms with van der Waals surface area (Å²) in [4.78, 5) is 18.8. The summed E-state index contributed by atoms with van der Waals surface area (Å²) >= 11 is 1.16. The van der Waals surface area contributed by atoms with Crippen molar-refractivity contribution >= 4 is 49.5 Å². The highest BCUT2D eigenvalue weighted by Crippen LogP contribution is 2.44. The van der Waals surface area contributed by atoms with Crippen LogP contribution in [0.5, 0.6) is 5.75 Å². The molecule has 0 spiro atoms. The zero-order chi connectivity index (χ0) is 31.6. The molecule has 3 heterocycles. The van der Waals surface area contributed by atoms with E-state index in [9.17, 15) is 34.8 Å². The second-order valence-electron chi connectivity index (χ2n) is 9.37. The van der Waals surface area contributed by atoms with E-state index in [1.807, 2.05) is 16.8 Å². The van der Waals surface area contributed by atoms with Gasteiger partial charge in [-0.3, -0.25) is 4.72 Å². The summed E-state index contributed by atoms with van der Waals surface area (Å²) in [5.74, 6) is -2.42. The van der Waals surface area contributed by atoms with Crippen LogP contribution < -0.4 is 19.3 Å². The molecule has 2 aromatic carbocycles. The maximum absolute atomic E-state index is 13.6. The highest BCUT2D eigenvalue weighted by molar-refractivity contribution is 7.93. The quantitative estimate of drug-likeness (QED) is 0.372. The van der Waals surface area contributed by atoms with E-state index in [0.29, 0.717) is 42.4 Å². The molecule has 1 fully saturated rings. The van der Waals surface area contributed by atoms with Crippen LogP contribution in [-0.4, -0.2) is 81.9 Å². The average Bonchev–Trinajstić information content (AvgIpc) is 3.44. The van der Waals surface area contributed by atoms with Gasteiger partial charge in [0.2, 0.25) is 0 Å². The van der Waals surface area contributed by atoms with Gasteiger partial charge in [0.1, 0.15) is 12.4 Å². The van der Waals surface area contributed by atoms with Crippen molar-refractivity contribution in [2.45, 2.75) is 17.2 Å². The number of hydrogen-bond acceptors (Lipinski definition) is 9. The van der Waals surface area contributed by atoms with Crippen molar-refractivity contribution in [1.29, 1.82) is 0 Å². The first-order valence-electron chi connectivity index (χ1n) is 12.5. The number of likely N-dealkylation sites (N-methyl/N-ethyl adjacent to an activating group) is 1. The monoisotopic (exact) mass is 653 g/mol. The fourth-order valence-electron chi connectivity index (χ4n) is 4.29. The van der Waals surface area contributed by atoms with Gasteiger partial charge < -0.3 is 24.5 Å².